The highest BCUT2D eigenvalue weighted by Gasteiger charge is 2.44. The SMILES string of the molecule is CCCCCCCC/C=C/CC/C=C/C(O)C(COC1OC(CO)C(O)C(O)C1O)NC(=O)CCCCCCCCCCCCCCCCCCCCCCCCCCCCCCCCCCCCCCCCCOC(=O)CCCCCCCCCCCCCCCCCCC. The maximum Gasteiger partial charge on any atom is 0.305 e. The van der Waals surface area contributed by atoms with Crippen LogP contribution in [-0.2, 0) is 23.8 Å². The summed E-state index contributed by atoms with van der Waals surface area (Å²) in [5, 5.41) is 54.5. The van der Waals surface area contributed by atoms with Crippen LogP contribution in [0.25, 0.3) is 0 Å². The molecule has 1 rings (SSSR count). The Morgan fingerprint density at radius 1 is 0.375 bits per heavy atom. The predicted octanol–water partition coefficient (Wildman–Crippen LogP) is 23.5. The molecule has 7 atom stereocenters. The Kier molecular flexibility index (Phi) is 71.4. The summed E-state index contributed by atoms with van der Waals surface area (Å²) >= 11 is 0. The summed E-state index contributed by atoms with van der Waals surface area (Å²) in [5.41, 5.74) is 0. The van der Waals surface area contributed by atoms with Gasteiger partial charge in [-0.3, -0.25) is 9.59 Å². The molecule has 0 aromatic carbocycles. The lowest BCUT2D eigenvalue weighted by molar-refractivity contribution is -0.302. The molecule has 1 aliphatic heterocycles. The molecule has 0 saturated carbocycles. The van der Waals surface area contributed by atoms with Crippen LogP contribution in [0.4, 0.5) is 0 Å². The van der Waals surface area contributed by atoms with Gasteiger partial charge in [-0.05, 0) is 44.9 Å². The van der Waals surface area contributed by atoms with Crippen LogP contribution in [0.5, 0.6) is 0 Å². The molecule has 0 radical (unpaired) electrons. The predicted molar refractivity (Wildman–Crippen MR) is 408 cm³/mol. The maximum absolute atomic E-state index is 13.1. The topological polar surface area (TPSA) is 175 Å². The smallest absolute Gasteiger partial charge is 0.305 e. The van der Waals surface area contributed by atoms with Crippen molar-refractivity contribution in [3.05, 3.63) is 24.3 Å². The van der Waals surface area contributed by atoms with Crippen LogP contribution in [0.2, 0.25) is 0 Å². The Labute approximate surface area is 594 Å². The first-order valence-corrected chi connectivity index (χ1v) is 42.6. The molecule has 96 heavy (non-hydrogen) atoms. The first-order valence-electron chi connectivity index (χ1n) is 42.6. The van der Waals surface area contributed by atoms with Gasteiger partial charge in [0.05, 0.1) is 32.0 Å². The largest absolute Gasteiger partial charge is 0.466 e. The van der Waals surface area contributed by atoms with Crippen LogP contribution < -0.4 is 5.32 Å². The van der Waals surface area contributed by atoms with Crippen molar-refractivity contribution in [2.75, 3.05) is 19.8 Å². The number of nitrogens with one attached hydrogen (secondary N) is 1. The van der Waals surface area contributed by atoms with Crippen molar-refractivity contribution in [1.82, 2.24) is 5.32 Å². The quantitative estimate of drug-likeness (QED) is 0.0195. The van der Waals surface area contributed by atoms with E-state index in [1.54, 1.807) is 6.08 Å². The van der Waals surface area contributed by atoms with Crippen molar-refractivity contribution in [3.8, 4) is 0 Å². The second-order valence-corrected chi connectivity index (χ2v) is 29.9. The van der Waals surface area contributed by atoms with Crippen LogP contribution in [0.15, 0.2) is 24.3 Å². The molecule has 0 spiro atoms. The molecule has 568 valence electrons. The third-order valence-electron chi connectivity index (χ3n) is 20.6. The molecule has 1 saturated heterocycles. The number of aliphatic hydroxyl groups is 5. The van der Waals surface area contributed by atoms with Gasteiger partial charge in [-0.25, -0.2) is 0 Å². The molecule has 1 heterocycles. The second kappa shape index (κ2) is 74.3. The highest BCUT2D eigenvalue weighted by molar-refractivity contribution is 5.76. The summed E-state index contributed by atoms with van der Waals surface area (Å²) in [6.07, 6.45) is 86.8. The van der Waals surface area contributed by atoms with Gasteiger partial charge in [-0.1, -0.05) is 411 Å². The minimum atomic E-state index is -1.57. The fraction of sp³-hybridized carbons (Fsp3) is 0.929. The number of esters is 1. The molecular formula is C85H163NO10. The molecular weight excluding hydrogens is 1190 g/mol. The van der Waals surface area contributed by atoms with E-state index in [9.17, 15) is 35.1 Å². The number of amides is 1. The molecule has 6 N–H and O–H groups in total. The average molecular weight is 1360 g/mol. The first-order chi connectivity index (χ1) is 47.2. The molecule has 1 amide bonds. The third kappa shape index (κ3) is 62.0. The van der Waals surface area contributed by atoms with Crippen molar-refractivity contribution in [2.45, 2.75) is 487 Å². The number of rotatable bonds is 77. The van der Waals surface area contributed by atoms with E-state index in [4.69, 9.17) is 14.2 Å². The van der Waals surface area contributed by atoms with Gasteiger partial charge in [0, 0.05) is 12.8 Å². The minimum absolute atomic E-state index is 0.0233. The highest BCUT2D eigenvalue weighted by atomic mass is 16.7. The number of unbranched alkanes of at least 4 members (excludes halogenated alkanes) is 61. The summed E-state index contributed by atoms with van der Waals surface area (Å²) in [4.78, 5) is 25.2. The van der Waals surface area contributed by atoms with Crippen LogP contribution in [0, 0.1) is 0 Å². The Balaban J connectivity index is 1.84. The van der Waals surface area contributed by atoms with Gasteiger partial charge < -0.3 is 45.1 Å². The number of aliphatic hydroxyl groups excluding tert-OH is 5. The fourth-order valence-corrected chi connectivity index (χ4v) is 13.9. The Morgan fingerprint density at radius 2 is 0.677 bits per heavy atom. The molecule has 0 aromatic rings. The zero-order valence-corrected chi connectivity index (χ0v) is 63.6. The van der Waals surface area contributed by atoms with Crippen molar-refractivity contribution in [2.24, 2.45) is 0 Å². The van der Waals surface area contributed by atoms with Gasteiger partial charge in [0.15, 0.2) is 6.29 Å². The van der Waals surface area contributed by atoms with E-state index in [2.05, 4.69) is 31.3 Å². The molecule has 11 heteroatoms. The number of carbonyl (C=O) groups excluding carboxylic acids is 2. The van der Waals surface area contributed by atoms with Gasteiger partial charge in [-0.15, -0.1) is 0 Å². The summed E-state index contributed by atoms with van der Waals surface area (Å²) in [5.74, 6) is -0.161. The Hall–Kier alpha value is -1.86. The van der Waals surface area contributed by atoms with Crippen LogP contribution in [-0.4, -0.2) is 100 Å². The van der Waals surface area contributed by atoms with Gasteiger partial charge in [0.25, 0.3) is 0 Å². The zero-order valence-electron chi connectivity index (χ0n) is 63.6. The summed E-state index contributed by atoms with van der Waals surface area (Å²) in [6.45, 7) is 4.38. The number of carbonyl (C=O) groups is 2. The van der Waals surface area contributed by atoms with E-state index in [1.165, 1.54) is 366 Å². The van der Waals surface area contributed by atoms with Gasteiger partial charge in [0.2, 0.25) is 5.91 Å². The van der Waals surface area contributed by atoms with Crippen molar-refractivity contribution >= 4 is 11.9 Å². The molecule has 11 nitrogen and oxygen atoms in total. The van der Waals surface area contributed by atoms with E-state index in [1.807, 2.05) is 6.08 Å². The molecule has 0 aromatic heterocycles. The van der Waals surface area contributed by atoms with Gasteiger partial charge in [0.1, 0.15) is 24.4 Å². The van der Waals surface area contributed by atoms with Crippen LogP contribution in [0.3, 0.4) is 0 Å². The van der Waals surface area contributed by atoms with E-state index >= 15 is 0 Å². The van der Waals surface area contributed by atoms with Gasteiger partial charge in [-0.2, -0.15) is 0 Å². The summed E-state index contributed by atoms with van der Waals surface area (Å²) in [7, 11) is 0. The lowest BCUT2D eigenvalue weighted by Gasteiger charge is -2.40. The zero-order chi connectivity index (χ0) is 69.4. The minimum Gasteiger partial charge on any atom is -0.466 e. The number of allylic oxidation sites excluding steroid dienone is 3. The van der Waals surface area contributed by atoms with Crippen LogP contribution in [0.1, 0.15) is 444 Å². The average Bonchev–Trinajstić information content (AvgIpc) is 0.852. The molecule has 0 aliphatic carbocycles. The van der Waals surface area contributed by atoms with Crippen LogP contribution >= 0.6 is 0 Å². The standard InChI is InChI=1S/C85H163NO10/c1-3-5-7-9-11-13-15-17-18-42-46-49-53-57-61-65-69-73-81(90)94-74-70-66-62-58-54-50-47-44-41-39-37-35-33-31-29-27-25-23-21-19-20-22-24-26-28-30-32-34-36-38-40-43-45-48-52-56-60-64-68-72-80(89)86-77(76-95-85-84(93)83(92)82(91)79(75-87)96-85)78(88)71-67-63-59-55-51-16-14-12-10-8-6-4-2/h51,55,67,71,77-79,82-85,87-88,91-93H,3-50,52-54,56-66,68-70,72-76H2,1-2H3,(H,86,89)/b55-51+,71-67+. The van der Waals surface area contributed by atoms with E-state index in [0.29, 0.717) is 19.4 Å². The summed E-state index contributed by atoms with van der Waals surface area (Å²) < 4.78 is 16.8. The lowest BCUT2D eigenvalue weighted by Crippen LogP contribution is -2.60. The number of ether oxygens (including phenoxy) is 3. The maximum atomic E-state index is 13.1. The molecule has 7 unspecified atom stereocenters. The van der Waals surface area contributed by atoms with Crippen molar-refractivity contribution in [1.29, 1.82) is 0 Å². The van der Waals surface area contributed by atoms with Gasteiger partial charge >= 0.3 is 5.97 Å². The Bertz CT molecular complexity index is 1640. The number of hydrogen-bond acceptors (Lipinski definition) is 10. The number of hydrogen-bond donors (Lipinski definition) is 6. The molecule has 0 bridgehead atoms. The van der Waals surface area contributed by atoms with E-state index in [-0.39, 0.29) is 18.5 Å². The first kappa shape index (κ1) is 92.2. The monoisotopic (exact) mass is 1360 g/mol. The van der Waals surface area contributed by atoms with Crippen molar-refractivity contribution < 1.29 is 49.3 Å². The van der Waals surface area contributed by atoms with Crippen molar-refractivity contribution in [3.63, 3.8) is 0 Å². The third-order valence-corrected chi connectivity index (χ3v) is 20.6. The molecule has 1 fully saturated rings. The summed E-state index contributed by atoms with van der Waals surface area (Å²) in [6, 6.07) is -0.822. The normalized spacial score (nSPS) is 17.3. The fourth-order valence-electron chi connectivity index (χ4n) is 13.9. The lowest BCUT2D eigenvalue weighted by atomic mass is 9.99. The Morgan fingerprint density at radius 3 is 1.03 bits per heavy atom. The van der Waals surface area contributed by atoms with E-state index in [0.717, 1.165) is 51.4 Å². The second-order valence-electron chi connectivity index (χ2n) is 29.9. The highest BCUT2D eigenvalue weighted by Crippen LogP contribution is 2.24. The molecule has 1 aliphatic rings. The van der Waals surface area contributed by atoms with E-state index < -0.39 is 49.5 Å².